The Morgan fingerprint density at radius 1 is 1.32 bits per heavy atom. The molecule has 7 heteroatoms. The molecular formula is C15H20F3NO3. The zero-order valence-corrected chi connectivity index (χ0v) is 12.7. The van der Waals surface area contributed by atoms with Gasteiger partial charge in [0, 0.05) is 6.54 Å². The average molecular weight is 319 g/mol. The molecule has 0 radical (unpaired) electrons. The molecule has 1 rings (SSSR count). The van der Waals surface area contributed by atoms with Crippen LogP contribution in [0.2, 0.25) is 0 Å². The highest BCUT2D eigenvalue weighted by Crippen LogP contribution is 2.31. The lowest BCUT2D eigenvalue weighted by Gasteiger charge is -2.25. The molecule has 0 aromatic heterocycles. The van der Waals surface area contributed by atoms with Crippen LogP contribution in [0.5, 0.6) is 5.75 Å². The molecule has 0 saturated carbocycles. The van der Waals surface area contributed by atoms with Gasteiger partial charge in [0.15, 0.2) is 6.61 Å². The van der Waals surface area contributed by atoms with Crippen LogP contribution in [0.15, 0.2) is 24.3 Å². The number of aliphatic hydroxyl groups excluding tert-OH is 1. The lowest BCUT2D eigenvalue weighted by molar-refractivity contribution is -0.137. The summed E-state index contributed by atoms with van der Waals surface area (Å²) in [6, 6.07) is 4.30. The van der Waals surface area contributed by atoms with Crippen LogP contribution < -0.4 is 10.1 Å². The number of alkyl halides is 3. The third kappa shape index (κ3) is 5.93. The first-order valence-electron chi connectivity index (χ1n) is 6.75. The van der Waals surface area contributed by atoms with Crippen LogP contribution in [0, 0.1) is 5.41 Å². The molecule has 1 aromatic carbocycles. The van der Waals surface area contributed by atoms with Gasteiger partial charge in [-0.05, 0) is 23.6 Å². The molecule has 0 aliphatic rings. The first-order chi connectivity index (χ1) is 10.00. The van der Waals surface area contributed by atoms with Crippen LogP contribution in [-0.2, 0) is 11.0 Å². The number of nitrogens with one attached hydrogen (secondary N) is 1. The number of aliphatic hydroxyl groups is 1. The first-order valence-corrected chi connectivity index (χ1v) is 6.75. The van der Waals surface area contributed by atoms with Gasteiger partial charge in [-0.1, -0.05) is 26.8 Å². The predicted molar refractivity (Wildman–Crippen MR) is 75.4 cm³/mol. The van der Waals surface area contributed by atoms with Gasteiger partial charge < -0.3 is 15.2 Å². The summed E-state index contributed by atoms with van der Waals surface area (Å²) in [5.41, 5.74) is -1.22. The fourth-order valence-electron chi connectivity index (χ4n) is 1.48. The predicted octanol–water partition coefficient (Wildman–Crippen LogP) is 2.61. The summed E-state index contributed by atoms with van der Waals surface area (Å²) in [6.45, 7) is 5.10. The van der Waals surface area contributed by atoms with Crippen molar-refractivity contribution in [3.8, 4) is 5.75 Å². The second kappa shape index (κ2) is 7.00. The maximum Gasteiger partial charge on any atom is 0.416 e. The third-order valence-electron chi connectivity index (χ3n) is 3.02. The number of halogens is 3. The largest absolute Gasteiger partial charge is 0.484 e. The van der Waals surface area contributed by atoms with Crippen LogP contribution in [0.1, 0.15) is 26.3 Å². The Hall–Kier alpha value is -1.76. The van der Waals surface area contributed by atoms with E-state index in [-0.39, 0.29) is 17.7 Å². The molecule has 1 aromatic rings. The Balaban J connectivity index is 2.48. The molecule has 1 unspecified atom stereocenters. The van der Waals surface area contributed by atoms with E-state index in [0.29, 0.717) is 0 Å². The maximum absolute atomic E-state index is 12.5. The highest BCUT2D eigenvalue weighted by molar-refractivity contribution is 5.77. The number of rotatable bonds is 5. The molecule has 1 atom stereocenters. The van der Waals surface area contributed by atoms with E-state index < -0.39 is 30.4 Å². The lowest BCUT2D eigenvalue weighted by Crippen LogP contribution is -2.40. The van der Waals surface area contributed by atoms with Crippen molar-refractivity contribution in [3.05, 3.63) is 29.8 Å². The highest BCUT2D eigenvalue weighted by Gasteiger charge is 2.30. The number of carbonyl (C=O) groups is 1. The quantitative estimate of drug-likeness (QED) is 0.877. The van der Waals surface area contributed by atoms with E-state index in [9.17, 15) is 23.1 Å². The van der Waals surface area contributed by atoms with Crippen LogP contribution in [0.25, 0.3) is 0 Å². The average Bonchev–Trinajstić information content (AvgIpc) is 2.40. The molecule has 0 spiro atoms. The smallest absolute Gasteiger partial charge is 0.416 e. The summed E-state index contributed by atoms with van der Waals surface area (Å²) in [7, 11) is 0. The van der Waals surface area contributed by atoms with Gasteiger partial charge in [-0.2, -0.15) is 13.2 Å². The molecule has 22 heavy (non-hydrogen) atoms. The Morgan fingerprint density at radius 3 is 2.50 bits per heavy atom. The fraction of sp³-hybridized carbons (Fsp3) is 0.533. The molecule has 0 heterocycles. The first kappa shape index (κ1) is 18.3. The standard InChI is InChI=1S/C15H20F3NO3/c1-14(2,3)12(20)8-19-13(21)9-22-11-6-4-5-10(7-11)15(16,17)18/h4-7,12,20H,8-9H2,1-3H3,(H,19,21). The number of carbonyl (C=O) groups excluding carboxylic acids is 1. The second-order valence-corrected chi connectivity index (χ2v) is 6.00. The van der Waals surface area contributed by atoms with Gasteiger partial charge in [0.2, 0.25) is 0 Å². The maximum atomic E-state index is 12.5. The van der Waals surface area contributed by atoms with Crippen LogP contribution in [0.3, 0.4) is 0 Å². The molecule has 0 bridgehead atoms. The van der Waals surface area contributed by atoms with Crippen molar-refractivity contribution in [2.24, 2.45) is 5.41 Å². The van der Waals surface area contributed by atoms with Crippen molar-refractivity contribution < 1.29 is 27.8 Å². The summed E-state index contributed by atoms with van der Waals surface area (Å²) >= 11 is 0. The fourth-order valence-corrected chi connectivity index (χ4v) is 1.48. The number of benzene rings is 1. The minimum absolute atomic E-state index is 0.0404. The van der Waals surface area contributed by atoms with E-state index in [4.69, 9.17) is 4.74 Å². The van der Waals surface area contributed by atoms with E-state index in [1.807, 2.05) is 20.8 Å². The molecule has 124 valence electrons. The summed E-state index contributed by atoms with van der Waals surface area (Å²) in [4.78, 5) is 11.6. The van der Waals surface area contributed by atoms with Crippen LogP contribution in [0.4, 0.5) is 13.2 Å². The summed E-state index contributed by atoms with van der Waals surface area (Å²) < 4.78 is 42.6. The minimum Gasteiger partial charge on any atom is -0.484 e. The van der Waals surface area contributed by atoms with Crippen molar-refractivity contribution >= 4 is 5.91 Å². The van der Waals surface area contributed by atoms with E-state index in [1.54, 1.807) is 0 Å². The monoisotopic (exact) mass is 319 g/mol. The number of amides is 1. The van der Waals surface area contributed by atoms with Crippen molar-refractivity contribution in [1.82, 2.24) is 5.32 Å². The van der Waals surface area contributed by atoms with Gasteiger partial charge in [0.05, 0.1) is 11.7 Å². The number of hydrogen-bond donors (Lipinski definition) is 2. The van der Waals surface area contributed by atoms with Crippen molar-refractivity contribution in [2.45, 2.75) is 33.1 Å². The number of ether oxygens (including phenoxy) is 1. The zero-order valence-electron chi connectivity index (χ0n) is 12.7. The molecule has 0 aliphatic carbocycles. The van der Waals surface area contributed by atoms with E-state index in [1.165, 1.54) is 12.1 Å². The summed E-state index contributed by atoms with van der Waals surface area (Å²) in [5.74, 6) is -0.554. The Labute approximate surface area is 127 Å². The molecule has 4 nitrogen and oxygen atoms in total. The SMILES string of the molecule is CC(C)(C)C(O)CNC(=O)COc1cccc(C(F)(F)F)c1. The van der Waals surface area contributed by atoms with Gasteiger partial charge in [0.25, 0.3) is 5.91 Å². The molecule has 0 fully saturated rings. The van der Waals surface area contributed by atoms with Gasteiger partial charge in [-0.25, -0.2) is 0 Å². The molecule has 0 saturated heterocycles. The molecule has 2 N–H and O–H groups in total. The van der Waals surface area contributed by atoms with Gasteiger partial charge in [0.1, 0.15) is 5.75 Å². The van der Waals surface area contributed by atoms with Crippen molar-refractivity contribution in [3.63, 3.8) is 0 Å². The molecule has 0 aliphatic heterocycles. The van der Waals surface area contributed by atoms with Gasteiger partial charge >= 0.3 is 6.18 Å². The highest BCUT2D eigenvalue weighted by atomic mass is 19.4. The summed E-state index contributed by atoms with van der Waals surface area (Å²) in [5, 5.41) is 12.2. The van der Waals surface area contributed by atoms with Crippen LogP contribution in [-0.4, -0.2) is 30.3 Å². The molecular weight excluding hydrogens is 299 g/mol. The van der Waals surface area contributed by atoms with E-state index >= 15 is 0 Å². The van der Waals surface area contributed by atoms with Gasteiger partial charge in [-0.15, -0.1) is 0 Å². The Kier molecular flexibility index (Phi) is 5.82. The van der Waals surface area contributed by atoms with Crippen LogP contribution >= 0.6 is 0 Å². The van der Waals surface area contributed by atoms with E-state index in [0.717, 1.165) is 12.1 Å². The van der Waals surface area contributed by atoms with Crippen molar-refractivity contribution in [1.29, 1.82) is 0 Å². The Morgan fingerprint density at radius 2 is 1.95 bits per heavy atom. The van der Waals surface area contributed by atoms with Gasteiger partial charge in [-0.3, -0.25) is 4.79 Å². The summed E-state index contributed by atoms with van der Waals surface area (Å²) in [6.07, 6.45) is -5.19. The number of hydrogen-bond acceptors (Lipinski definition) is 3. The normalized spacial score (nSPS) is 13.6. The molecule has 1 amide bonds. The second-order valence-electron chi connectivity index (χ2n) is 6.00. The Bertz CT molecular complexity index is 509. The van der Waals surface area contributed by atoms with E-state index in [2.05, 4.69) is 5.32 Å². The topological polar surface area (TPSA) is 58.6 Å². The lowest BCUT2D eigenvalue weighted by atomic mass is 9.89. The third-order valence-corrected chi connectivity index (χ3v) is 3.02. The van der Waals surface area contributed by atoms with Crippen molar-refractivity contribution in [2.75, 3.05) is 13.2 Å². The zero-order chi connectivity index (χ0) is 17.0. The minimum atomic E-state index is -4.46.